The van der Waals surface area contributed by atoms with Crippen molar-refractivity contribution in [1.29, 1.82) is 5.26 Å². The summed E-state index contributed by atoms with van der Waals surface area (Å²) < 4.78 is 4.66. The first-order chi connectivity index (χ1) is 9.69. The van der Waals surface area contributed by atoms with Gasteiger partial charge in [-0.25, -0.2) is 9.61 Å². The van der Waals surface area contributed by atoms with E-state index >= 15 is 0 Å². The quantitative estimate of drug-likeness (QED) is 0.760. The molecule has 3 aromatic rings. The molecule has 0 amide bonds. The van der Waals surface area contributed by atoms with Crippen LogP contribution in [-0.4, -0.2) is 15.3 Å². The minimum atomic E-state index is 0.420. The Balaban J connectivity index is 2.03. The molecule has 0 aliphatic carbocycles. The van der Waals surface area contributed by atoms with Crippen molar-refractivity contribution in [2.75, 3.05) is 5.73 Å². The van der Waals surface area contributed by atoms with Gasteiger partial charge in [-0.3, -0.25) is 0 Å². The number of hydrogen-bond donors (Lipinski definition) is 1. The molecule has 98 valence electrons. The predicted molar refractivity (Wildman–Crippen MR) is 72.7 cm³/mol. The van der Waals surface area contributed by atoms with Gasteiger partial charge in [0.25, 0.3) is 0 Å². The van der Waals surface area contributed by atoms with Crippen molar-refractivity contribution in [3.63, 3.8) is 0 Å². The molecule has 0 aliphatic rings. The van der Waals surface area contributed by atoms with E-state index in [1.807, 2.05) is 19.1 Å². The Hall–Kier alpha value is -2.94. The van der Waals surface area contributed by atoms with Crippen molar-refractivity contribution in [2.24, 2.45) is 0 Å². The summed E-state index contributed by atoms with van der Waals surface area (Å²) >= 11 is 0. The van der Waals surface area contributed by atoms with E-state index in [0.29, 0.717) is 28.8 Å². The number of rotatable bonds is 2. The summed E-state index contributed by atoms with van der Waals surface area (Å²) in [7, 11) is 0. The van der Waals surface area contributed by atoms with Gasteiger partial charge in [0.15, 0.2) is 5.52 Å². The molecule has 6 nitrogen and oxygen atoms in total. The third-order valence-corrected chi connectivity index (χ3v) is 3.23. The van der Waals surface area contributed by atoms with Crippen molar-refractivity contribution in [2.45, 2.75) is 13.3 Å². The molecule has 1 aromatic carbocycles. The Bertz CT molecular complexity index is 814. The molecule has 2 N–H and O–H groups in total. The van der Waals surface area contributed by atoms with Crippen molar-refractivity contribution < 1.29 is 4.63 Å². The molecule has 2 aromatic heterocycles. The molecular weight excluding hydrogens is 254 g/mol. The zero-order chi connectivity index (χ0) is 14.1. The van der Waals surface area contributed by atoms with Crippen LogP contribution < -0.4 is 5.73 Å². The van der Waals surface area contributed by atoms with Gasteiger partial charge in [-0.15, -0.1) is 0 Å². The number of anilines is 1. The topological polar surface area (TPSA) is 102 Å². The summed E-state index contributed by atoms with van der Waals surface area (Å²) in [6.07, 6.45) is 0.624. The molecule has 0 bridgehead atoms. The highest BCUT2D eigenvalue weighted by atomic mass is 16.6. The van der Waals surface area contributed by atoms with Gasteiger partial charge in [-0.05, 0) is 34.9 Å². The Labute approximate surface area is 114 Å². The molecule has 0 saturated heterocycles. The summed E-state index contributed by atoms with van der Waals surface area (Å²) in [4.78, 5) is 4.33. The monoisotopic (exact) mass is 265 g/mol. The van der Waals surface area contributed by atoms with Crippen LogP contribution >= 0.6 is 0 Å². The maximum absolute atomic E-state index is 8.80. The highest BCUT2D eigenvalue weighted by Crippen LogP contribution is 2.25. The summed E-state index contributed by atoms with van der Waals surface area (Å²) in [6.45, 7) is 1.88. The second-order valence-corrected chi connectivity index (χ2v) is 4.51. The van der Waals surface area contributed by atoms with Crippen LogP contribution in [0.15, 0.2) is 28.9 Å². The molecule has 2 heterocycles. The first kappa shape index (κ1) is 12.1. The summed E-state index contributed by atoms with van der Waals surface area (Å²) in [6, 6.07) is 9.47. The Morgan fingerprint density at radius 2 is 2.00 bits per heavy atom. The van der Waals surface area contributed by atoms with Crippen molar-refractivity contribution >= 4 is 16.9 Å². The first-order valence-corrected chi connectivity index (χ1v) is 6.05. The van der Waals surface area contributed by atoms with Gasteiger partial charge >= 0.3 is 0 Å². The van der Waals surface area contributed by atoms with Gasteiger partial charge in [-0.1, -0.05) is 12.1 Å². The molecule has 20 heavy (non-hydrogen) atoms. The average molecular weight is 265 g/mol. The Morgan fingerprint density at radius 3 is 2.70 bits per heavy atom. The molecule has 0 fully saturated rings. The predicted octanol–water partition coefficient (Wildman–Crippen LogP) is 1.97. The van der Waals surface area contributed by atoms with Crippen LogP contribution in [0.5, 0.6) is 0 Å². The molecule has 3 rings (SSSR count). The number of nitriles is 1. The Kier molecular flexibility index (Phi) is 2.80. The molecule has 0 aliphatic heterocycles. The minimum absolute atomic E-state index is 0.420. The highest BCUT2D eigenvalue weighted by Gasteiger charge is 2.14. The van der Waals surface area contributed by atoms with E-state index in [-0.39, 0.29) is 0 Å². The Morgan fingerprint density at radius 1 is 1.25 bits per heavy atom. The van der Waals surface area contributed by atoms with Gasteiger partial charge < -0.3 is 5.73 Å². The van der Waals surface area contributed by atoms with Gasteiger partial charge in [0.1, 0.15) is 0 Å². The SMILES string of the molecule is Cc1nc2nonc2c(N)c1Cc1ccc(C#N)cc1. The second-order valence-electron chi connectivity index (χ2n) is 4.51. The average Bonchev–Trinajstić information content (AvgIpc) is 2.92. The van der Waals surface area contributed by atoms with Crippen molar-refractivity contribution in [1.82, 2.24) is 15.3 Å². The van der Waals surface area contributed by atoms with E-state index in [1.54, 1.807) is 12.1 Å². The number of fused-ring (bicyclic) bond motifs is 1. The summed E-state index contributed by atoms with van der Waals surface area (Å²) in [5, 5.41) is 16.3. The number of aryl methyl sites for hydroxylation is 1. The van der Waals surface area contributed by atoms with E-state index in [2.05, 4.69) is 26.0 Å². The van der Waals surface area contributed by atoms with E-state index in [4.69, 9.17) is 11.0 Å². The smallest absolute Gasteiger partial charge is 0.226 e. The normalized spacial score (nSPS) is 10.6. The second kappa shape index (κ2) is 4.63. The molecule has 0 atom stereocenters. The standard InChI is InChI=1S/C14H11N5O/c1-8-11(6-9-2-4-10(7-15)5-3-9)12(16)13-14(17-8)19-20-18-13/h2-5H,6,16H2,1H3. The summed E-state index contributed by atoms with van der Waals surface area (Å²) in [5.74, 6) is 0. The lowest BCUT2D eigenvalue weighted by Gasteiger charge is -2.08. The number of hydrogen-bond acceptors (Lipinski definition) is 6. The maximum atomic E-state index is 8.80. The van der Waals surface area contributed by atoms with Gasteiger partial charge in [0.05, 0.1) is 17.3 Å². The maximum Gasteiger partial charge on any atom is 0.226 e. The van der Waals surface area contributed by atoms with Crippen LogP contribution in [0.1, 0.15) is 22.4 Å². The van der Waals surface area contributed by atoms with Gasteiger partial charge in [-0.2, -0.15) is 5.26 Å². The van der Waals surface area contributed by atoms with E-state index in [9.17, 15) is 0 Å². The van der Waals surface area contributed by atoms with Gasteiger partial charge in [0.2, 0.25) is 5.65 Å². The zero-order valence-corrected chi connectivity index (χ0v) is 10.8. The minimum Gasteiger partial charge on any atom is -0.396 e. The molecule has 0 unspecified atom stereocenters. The molecule has 0 radical (unpaired) electrons. The van der Waals surface area contributed by atoms with Crippen LogP contribution in [0.4, 0.5) is 5.69 Å². The van der Waals surface area contributed by atoms with E-state index in [1.165, 1.54) is 0 Å². The molecular formula is C14H11N5O. The first-order valence-electron chi connectivity index (χ1n) is 6.05. The number of nitrogens with zero attached hydrogens (tertiary/aromatic N) is 4. The number of nitrogen functional groups attached to an aromatic ring is 1. The lowest BCUT2D eigenvalue weighted by molar-refractivity contribution is 0.315. The van der Waals surface area contributed by atoms with Crippen LogP contribution in [0.25, 0.3) is 11.2 Å². The number of benzene rings is 1. The molecule has 0 spiro atoms. The number of aromatic nitrogens is 3. The fraction of sp³-hybridized carbons (Fsp3) is 0.143. The molecule has 6 heteroatoms. The van der Waals surface area contributed by atoms with Crippen LogP contribution in [0, 0.1) is 18.3 Å². The fourth-order valence-corrected chi connectivity index (χ4v) is 2.12. The van der Waals surface area contributed by atoms with Crippen molar-refractivity contribution in [3.8, 4) is 6.07 Å². The number of nitrogens with two attached hydrogens (primary N) is 1. The molecule has 0 saturated carbocycles. The zero-order valence-electron chi connectivity index (χ0n) is 10.8. The highest BCUT2D eigenvalue weighted by molar-refractivity contribution is 5.85. The fourth-order valence-electron chi connectivity index (χ4n) is 2.12. The lowest BCUT2D eigenvalue weighted by atomic mass is 10.0. The van der Waals surface area contributed by atoms with E-state index in [0.717, 1.165) is 16.8 Å². The third-order valence-electron chi connectivity index (χ3n) is 3.23. The lowest BCUT2D eigenvalue weighted by Crippen LogP contribution is -2.02. The third kappa shape index (κ3) is 1.95. The van der Waals surface area contributed by atoms with Gasteiger partial charge in [0, 0.05) is 17.7 Å². The van der Waals surface area contributed by atoms with Crippen LogP contribution in [0.3, 0.4) is 0 Å². The van der Waals surface area contributed by atoms with Crippen LogP contribution in [0.2, 0.25) is 0 Å². The van der Waals surface area contributed by atoms with E-state index < -0.39 is 0 Å². The number of pyridine rings is 1. The van der Waals surface area contributed by atoms with Crippen LogP contribution in [-0.2, 0) is 6.42 Å². The van der Waals surface area contributed by atoms with Crippen molar-refractivity contribution in [3.05, 3.63) is 46.6 Å². The largest absolute Gasteiger partial charge is 0.396 e. The summed E-state index contributed by atoms with van der Waals surface area (Å²) in [5.41, 5.74) is 10.9.